The van der Waals surface area contributed by atoms with E-state index in [9.17, 15) is 23.1 Å². The molecule has 0 fully saturated rings. The van der Waals surface area contributed by atoms with Crippen LogP contribution in [0.2, 0.25) is 0 Å². The van der Waals surface area contributed by atoms with E-state index in [0.717, 1.165) is 13.4 Å². The first-order chi connectivity index (χ1) is 7.81. The number of carbonyl (C=O) groups is 1. The molecule has 0 aromatic rings. The van der Waals surface area contributed by atoms with E-state index in [1.165, 1.54) is 0 Å². The molecule has 1 rings (SSSR count). The number of hydrogen-bond donors (Lipinski definition) is 1. The molecule has 0 radical (unpaired) electrons. The lowest BCUT2D eigenvalue weighted by Crippen LogP contribution is -2.49. The van der Waals surface area contributed by atoms with Crippen molar-refractivity contribution in [1.29, 1.82) is 0 Å². The lowest BCUT2D eigenvalue weighted by Gasteiger charge is -2.33. The molecular formula is C10H13F3O4. The van der Waals surface area contributed by atoms with Crippen LogP contribution < -0.4 is 0 Å². The van der Waals surface area contributed by atoms with Gasteiger partial charge in [-0.15, -0.1) is 0 Å². The van der Waals surface area contributed by atoms with Crippen LogP contribution in [0.1, 0.15) is 19.3 Å². The van der Waals surface area contributed by atoms with E-state index >= 15 is 0 Å². The van der Waals surface area contributed by atoms with Crippen LogP contribution in [0.4, 0.5) is 13.2 Å². The molecule has 0 aliphatic carbocycles. The Morgan fingerprint density at radius 1 is 1.59 bits per heavy atom. The molecule has 1 aliphatic rings. The van der Waals surface area contributed by atoms with Crippen LogP contribution in [0.15, 0.2) is 11.8 Å². The highest BCUT2D eigenvalue weighted by Gasteiger charge is 2.57. The van der Waals surface area contributed by atoms with Crippen LogP contribution in [0, 0.1) is 0 Å². The number of rotatable bonds is 3. The van der Waals surface area contributed by atoms with Crippen molar-refractivity contribution in [3.8, 4) is 0 Å². The summed E-state index contributed by atoms with van der Waals surface area (Å²) in [6.07, 6.45) is -4.84. The number of ether oxygens (including phenoxy) is 2. The number of halogens is 3. The first-order valence-corrected chi connectivity index (χ1v) is 4.98. The Morgan fingerprint density at radius 3 is 2.65 bits per heavy atom. The van der Waals surface area contributed by atoms with E-state index in [1.54, 1.807) is 0 Å². The number of methoxy groups -OCH3 is 1. The Morgan fingerprint density at radius 2 is 2.24 bits per heavy atom. The monoisotopic (exact) mass is 254 g/mol. The van der Waals surface area contributed by atoms with Gasteiger partial charge in [0.1, 0.15) is 0 Å². The molecule has 0 saturated carbocycles. The van der Waals surface area contributed by atoms with Crippen LogP contribution in [-0.2, 0) is 14.3 Å². The highest BCUT2D eigenvalue weighted by Crippen LogP contribution is 2.41. The number of alkyl halides is 3. The molecule has 1 unspecified atom stereocenters. The lowest BCUT2D eigenvalue weighted by atomic mass is 9.86. The second kappa shape index (κ2) is 4.95. The SMILES string of the molecule is COC(=O)CC(O)(C1=COCCC1)C(F)(F)F. The van der Waals surface area contributed by atoms with Gasteiger partial charge in [0.05, 0.1) is 26.4 Å². The molecule has 0 amide bonds. The van der Waals surface area contributed by atoms with Crippen LogP contribution in [-0.4, -0.2) is 36.6 Å². The Bertz CT molecular complexity index is 324. The molecule has 1 N–H and O–H groups in total. The fraction of sp³-hybridized carbons (Fsp3) is 0.700. The molecular weight excluding hydrogens is 241 g/mol. The van der Waals surface area contributed by atoms with E-state index < -0.39 is 24.2 Å². The first-order valence-electron chi connectivity index (χ1n) is 4.98. The Balaban J connectivity index is 3.01. The fourth-order valence-corrected chi connectivity index (χ4v) is 1.55. The quantitative estimate of drug-likeness (QED) is 0.776. The van der Waals surface area contributed by atoms with E-state index in [1.807, 2.05) is 0 Å². The number of aliphatic hydroxyl groups is 1. The van der Waals surface area contributed by atoms with Crippen molar-refractivity contribution >= 4 is 5.97 Å². The summed E-state index contributed by atoms with van der Waals surface area (Å²) >= 11 is 0. The first kappa shape index (κ1) is 13.8. The zero-order chi connectivity index (χ0) is 13.1. The Labute approximate surface area is 96.0 Å². The predicted molar refractivity (Wildman–Crippen MR) is 50.9 cm³/mol. The maximum absolute atomic E-state index is 12.8. The van der Waals surface area contributed by atoms with Crippen molar-refractivity contribution < 1.29 is 32.5 Å². The van der Waals surface area contributed by atoms with Gasteiger partial charge in [-0.2, -0.15) is 13.2 Å². The second-order valence-corrected chi connectivity index (χ2v) is 3.73. The standard InChI is InChI=1S/C10H13F3O4/c1-16-8(14)5-9(15,10(11,12)13)7-3-2-4-17-6-7/h6,15H,2-5H2,1H3. The number of hydrogen-bond acceptors (Lipinski definition) is 4. The van der Waals surface area contributed by atoms with Crippen LogP contribution in [0.25, 0.3) is 0 Å². The fourth-order valence-electron chi connectivity index (χ4n) is 1.55. The van der Waals surface area contributed by atoms with Crippen molar-refractivity contribution in [3.63, 3.8) is 0 Å². The average molecular weight is 254 g/mol. The van der Waals surface area contributed by atoms with Gasteiger partial charge in [-0.3, -0.25) is 4.79 Å². The third-order valence-electron chi connectivity index (χ3n) is 2.56. The maximum atomic E-state index is 12.8. The van der Waals surface area contributed by atoms with Crippen molar-refractivity contribution in [1.82, 2.24) is 0 Å². The zero-order valence-electron chi connectivity index (χ0n) is 9.21. The summed E-state index contributed by atoms with van der Waals surface area (Å²) in [7, 11) is 0.963. The minimum Gasteiger partial charge on any atom is -0.501 e. The Hall–Kier alpha value is -1.24. The van der Waals surface area contributed by atoms with Gasteiger partial charge in [0.2, 0.25) is 0 Å². The summed E-state index contributed by atoms with van der Waals surface area (Å²) in [6.45, 7) is 0.301. The van der Waals surface area contributed by atoms with Crippen molar-refractivity contribution in [2.75, 3.05) is 13.7 Å². The summed E-state index contributed by atoms with van der Waals surface area (Å²) in [5.41, 5.74) is -3.55. The molecule has 0 aromatic heterocycles. The molecule has 0 saturated heterocycles. The molecule has 1 atom stereocenters. The molecule has 4 nitrogen and oxygen atoms in total. The molecule has 98 valence electrons. The van der Waals surface area contributed by atoms with E-state index in [-0.39, 0.29) is 12.0 Å². The Kier molecular flexibility index (Phi) is 4.03. The van der Waals surface area contributed by atoms with Crippen LogP contribution >= 0.6 is 0 Å². The van der Waals surface area contributed by atoms with Gasteiger partial charge in [-0.1, -0.05) is 0 Å². The van der Waals surface area contributed by atoms with Gasteiger partial charge in [-0.25, -0.2) is 0 Å². The normalized spacial score (nSPS) is 19.9. The zero-order valence-corrected chi connectivity index (χ0v) is 9.21. The molecule has 1 aliphatic heterocycles. The largest absolute Gasteiger partial charge is 0.501 e. The minimum atomic E-state index is -4.95. The number of carbonyl (C=O) groups excluding carboxylic acids is 1. The van der Waals surface area contributed by atoms with Gasteiger partial charge >= 0.3 is 12.1 Å². The van der Waals surface area contributed by atoms with Gasteiger partial charge < -0.3 is 14.6 Å². The van der Waals surface area contributed by atoms with E-state index in [2.05, 4.69) is 4.74 Å². The third kappa shape index (κ3) is 2.91. The summed E-state index contributed by atoms with van der Waals surface area (Å²) in [6, 6.07) is 0. The van der Waals surface area contributed by atoms with Gasteiger partial charge in [0, 0.05) is 5.57 Å². The molecule has 1 heterocycles. The highest BCUT2D eigenvalue weighted by molar-refractivity contribution is 5.71. The van der Waals surface area contributed by atoms with Crippen LogP contribution in [0.3, 0.4) is 0 Å². The molecule has 0 spiro atoms. The topological polar surface area (TPSA) is 55.8 Å². The van der Waals surface area contributed by atoms with Gasteiger partial charge in [0.25, 0.3) is 0 Å². The molecule has 17 heavy (non-hydrogen) atoms. The maximum Gasteiger partial charge on any atom is 0.421 e. The van der Waals surface area contributed by atoms with Gasteiger partial charge in [0.15, 0.2) is 5.60 Å². The molecule has 0 bridgehead atoms. The lowest BCUT2D eigenvalue weighted by molar-refractivity contribution is -0.249. The summed E-state index contributed by atoms with van der Waals surface area (Å²) in [5.74, 6) is -1.13. The smallest absolute Gasteiger partial charge is 0.421 e. The van der Waals surface area contributed by atoms with Gasteiger partial charge in [-0.05, 0) is 12.8 Å². The number of esters is 1. The summed E-state index contributed by atoms with van der Waals surface area (Å²) in [4.78, 5) is 11.0. The molecule has 7 heteroatoms. The van der Waals surface area contributed by atoms with Crippen molar-refractivity contribution in [3.05, 3.63) is 11.8 Å². The van der Waals surface area contributed by atoms with Crippen LogP contribution in [0.5, 0.6) is 0 Å². The predicted octanol–water partition coefficient (Wildman–Crippen LogP) is 1.54. The van der Waals surface area contributed by atoms with Crippen molar-refractivity contribution in [2.45, 2.75) is 31.0 Å². The minimum absolute atomic E-state index is 0.0347. The molecule has 0 aromatic carbocycles. The van der Waals surface area contributed by atoms with E-state index in [0.29, 0.717) is 13.0 Å². The summed E-state index contributed by atoms with van der Waals surface area (Å²) < 4.78 is 47.4. The van der Waals surface area contributed by atoms with E-state index in [4.69, 9.17) is 4.74 Å². The van der Waals surface area contributed by atoms with Crippen molar-refractivity contribution in [2.24, 2.45) is 0 Å². The average Bonchev–Trinajstić information content (AvgIpc) is 2.28. The second-order valence-electron chi connectivity index (χ2n) is 3.73. The third-order valence-corrected chi connectivity index (χ3v) is 2.56. The summed E-state index contributed by atoms with van der Waals surface area (Å²) in [5, 5.41) is 9.70. The highest BCUT2D eigenvalue weighted by atomic mass is 19.4.